The quantitative estimate of drug-likeness (QED) is 0.0201. The van der Waals surface area contributed by atoms with Crippen LogP contribution < -0.4 is 4.89 Å². The van der Waals surface area contributed by atoms with Crippen molar-refractivity contribution in [3.63, 3.8) is 0 Å². The minimum atomic E-state index is -4.64. The van der Waals surface area contributed by atoms with Crippen LogP contribution in [0.25, 0.3) is 0 Å². The van der Waals surface area contributed by atoms with E-state index in [2.05, 4.69) is 98.9 Å². The lowest BCUT2D eigenvalue weighted by Gasteiger charge is -2.28. The highest BCUT2D eigenvalue weighted by Crippen LogP contribution is 2.38. The molecule has 0 saturated carbocycles. The number of carbonyl (C=O) groups excluding carboxylic acids is 2. The van der Waals surface area contributed by atoms with Crippen LogP contribution in [0, 0.1) is 0 Å². The van der Waals surface area contributed by atoms with Crippen molar-refractivity contribution in [2.45, 2.75) is 148 Å². The molecular weight excluding hydrogens is 725 g/mol. The van der Waals surface area contributed by atoms with E-state index in [4.69, 9.17) is 18.5 Å². The van der Waals surface area contributed by atoms with Crippen LogP contribution >= 0.6 is 7.82 Å². The van der Waals surface area contributed by atoms with Gasteiger partial charge in [-0.25, -0.2) is 0 Å². The molecule has 0 saturated heterocycles. The minimum Gasteiger partial charge on any atom is -0.756 e. The number of allylic oxidation sites excluding steroid dienone is 14. The summed E-state index contributed by atoms with van der Waals surface area (Å²) in [7, 11) is 1.11. The molecule has 0 aliphatic heterocycles. The molecule has 320 valence electrons. The zero-order valence-electron chi connectivity index (χ0n) is 35.8. The number of rotatable bonds is 37. The first kappa shape index (κ1) is 53.2. The molecule has 1 unspecified atom stereocenters. The monoisotopic (exact) mass is 804 g/mol. The van der Waals surface area contributed by atoms with E-state index in [0.717, 1.165) is 77.0 Å². The molecule has 10 heteroatoms. The molecule has 9 nitrogen and oxygen atoms in total. The van der Waals surface area contributed by atoms with Gasteiger partial charge < -0.3 is 27.9 Å². The maximum atomic E-state index is 12.7. The normalized spacial score (nSPS) is 14.5. The molecule has 0 aromatic heterocycles. The van der Waals surface area contributed by atoms with Crippen molar-refractivity contribution >= 4 is 19.8 Å². The summed E-state index contributed by atoms with van der Waals surface area (Å²) in [5.74, 6) is -0.919. The first-order valence-corrected chi connectivity index (χ1v) is 22.8. The van der Waals surface area contributed by atoms with Crippen LogP contribution in [0.2, 0.25) is 0 Å². The van der Waals surface area contributed by atoms with E-state index in [1.807, 2.05) is 21.1 Å². The Morgan fingerprint density at radius 3 is 1.54 bits per heavy atom. The highest BCUT2D eigenvalue weighted by molar-refractivity contribution is 7.45. The van der Waals surface area contributed by atoms with Gasteiger partial charge in [-0.1, -0.05) is 125 Å². The summed E-state index contributed by atoms with van der Waals surface area (Å²) < 4.78 is 33.8. The Kier molecular flexibility index (Phi) is 35.9. The van der Waals surface area contributed by atoms with Crippen molar-refractivity contribution in [2.24, 2.45) is 0 Å². The molecule has 0 fully saturated rings. The molecule has 0 radical (unpaired) electrons. The second-order valence-corrected chi connectivity index (χ2v) is 16.4. The molecule has 0 N–H and O–H groups in total. The van der Waals surface area contributed by atoms with Crippen LogP contribution in [0.15, 0.2) is 85.1 Å². The third-order valence-electron chi connectivity index (χ3n) is 8.40. The van der Waals surface area contributed by atoms with E-state index in [-0.39, 0.29) is 26.1 Å². The SMILES string of the molecule is CC/C=C\C/C=C\C/C=C\C/C=C\CCCCC(=O)OC[C@H](COP(=O)([O-])OCC[N+](C)(C)C)OC(=O)CCCCCC/C=C\C/C=C\C/C=C\CCCCC. The van der Waals surface area contributed by atoms with E-state index in [0.29, 0.717) is 23.9 Å². The Balaban J connectivity index is 4.52. The highest BCUT2D eigenvalue weighted by atomic mass is 31.2. The summed E-state index contributed by atoms with van der Waals surface area (Å²) in [4.78, 5) is 37.5. The molecule has 0 heterocycles. The lowest BCUT2D eigenvalue weighted by Crippen LogP contribution is -2.37. The van der Waals surface area contributed by atoms with Gasteiger partial charge in [-0.2, -0.15) is 0 Å². The Hall–Kier alpha value is -2.81. The molecule has 0 aliphatic rings. The van der Waals surface area contributed by atoms with E-state index < -0.39 is 32.5 Å². The zero-order chi connectivity index (χ0) is 41.4. The van der Waals surface area contributed by atoms with Crippen LogP contribution in [-0.2, 0) is 32.7 Å². The average Bonchev–Trinajstić information content (AvgIpc) is 3.15. The number of esters is 2. The van der Waals surface area contributed by atoms with Crippen LogP contribution in [0.5, 0.6) is 0 Å². The smallest absolute Gasteiger partial charge is 0.306 e. The predicted octanol–water partition coefficient (Wildman–Crippen LogP) is 11.4. The Morgan fingerprint density at radius 1 is 0.571 bits per heavy atom. The lowest BCUT2D eigenvalue weighted by atomic mass is 10.1. The van der Waals surface area contributed by atoms with Crippen molar-refractivity contribution < 1.29 is 42.1 Å². The summed E-state index contributed by atoms with van der Waals surface area (Å²) >= 11 is 0. The fraction of sp³-hybridized carbons (Fsp3) is 0.652. The number of quaternary nitrogens is 1. The number of ether oxygens (including phenoxy) is 2. The van der Waals surface area contributed by atoms with E-state index in [9.17, 15) is 19.0 Å². The standard InChI is InChI=1S/C46H78NO8P/c1-6-8-10-12-14-16-18-20-22-23-25-27-29-31-33-35-37-39-46(49)55-44(43-54-56(50,51)53-41-40-47(3,4)5)42-52-45(48)38-36-34-32-30-28-26-24-21-19-17-15-13-11-9-7-2/h9,11,14-17,20-22,24-25,27-28,30,44H,6-8,10,12-13,18-19,23,26,29,31-43H2,1-5H3/b11-9-,16-14-,17-15-,22-20-,24-21-,27-25-,30-28-/t44-/m1/s1. The largest absolute Gasteiger partial charge is 0.756 e. The number of nitrogens with zero attached hydrogens (tertiary/aromatic N) is 1. The summed E-state index contributed by atoms with van der Waals surface area (Å²) in [5, 5.41) is 0. The van der Waals surface area contributed by atoms with E-state index in [1.165, 1.54) is 25.7 Å². The number of phosphoric acid groups is 1. The third-order valence-corrected chi connectivity index (χ3v) is 9.36. The van der Waals surface area contributed by atoms with Crippen LogP contribution in [0.1, 0.15) is 142 Å². The van der Waals surface area contributed by atoms with Gasteiger partial charge >= 0.3 is 11.9 Å². The molecule has 0 aliphatic carbocycles. The average molecular weight is 804 g/mol. The summed E-state index contributed by atoms with van der Waals surface area (Å²) in [5.41, 5.74) is 0. The predicted molar refractivity (Wildman–Crippen MR) is 231 cm³/mol. The number of hydrogen-bond donors (Lipinski definition) is 0. The Bertz CT molecular complexity index is 1230. The summed E-state index contributed by atoms with van der Waals surface area (Å²) in [6.07, 6.45) is 47.5. The second-order valence-electron chi connectivity index (χ2n) is 15.0. The van der Waals surface area contributed by atoms with Crippen molar-refractivity contribution in [1.82, 2.24) is 0 Å². The van der Waals surface area contributed by atoms with E-state index >= 15 is 0 Å². The number of carbonyl (C=O) groups is 2. The van der Waals surface area contributed by atoms with Gasteiger partial charge in [0.25, 0.3) is 7.82 Å². The molecule has 0 aromatic rings. The molecule has 0 bridgehead atoms. The molecule has 0 spiro atoms. The number of unbranched alkanes of at least 4 members (excludes halogenated alkanes) is 9. The Labute approximate surface area is 341 Å². The molecule has 56 heavy (non-hydrogen) atoms. The number of hydrogen-bond acceptors (Lipinski definition) is 8. The second kappa shape index (κ2) is 37.7. The van der Waals surface area contributed by atoms with Crippen LogP contribution in [0.3, 0.4) is 0 Å². The fourth-order valence-electron chi connectivity index (χ4n) is 5.06. The van der Waals surface area contributed by atoms with Crippen LogP contribution in [-0.4, -0.2) is 70.0 Å². The Morgan fingerprint density at radius 2 is 1.02 bits per heavy atom. The van der Waals surface area contributed by atoms with Gasteiger partial charge in [0.1, 0.15) is 19.8 Å². The van der Waals surface area contributed by atoms with Crippen molar-refractivity contribution in [2.75, 3.05) is 47.5 Å². The molecule has 2 atom stereocenters. The van der Waals surface area contributed by atoms with Gasteiger partial charge in [-0.05, 0) is 89.9 Å². The topological polar surface area (TPSA) is 111 Å². The van der Waals surface area contributed by atoms with Gasteiger partial charge in [0.05, 0.1) is 27.7 Å². The minimum absolute atomic E-state index is 0.0470. The summed E-state index contributed by atoms with van der Waals surface area (Å²) in [6.45, 7) is 3.98. The molecule has 0 amide bonds. The lowest BCUT2D eigenvalue weighted by molar-refractivity contribution is -0.870. The maximum absolute atomic E-state index is 12.7. The molecule has 0 aromatic carbocycles. The fourth-order valence-corrected chi connectivity index (χ4v) is 5.79. The number of likely N-dealkylation sites (N-methyl/N-ethyl adjacent to an activating group) is 1. The molecular formula is C46H78NO8P. The number of phosphoric ester groups is 1. The van der Waals surface area contributed by atoms with Gasteiger partial charge in [0, 0.05) is 12.8 Å². The first-order valence-electron chi connectivity index (χ1n) is 21.3. The van der Waals surface area contributed by atoms with Gasteiger partial charge in [-0.15, -0.1) is 0 Å². The highest BCUT2D eigenvalue weighted by Gasteiger charge is 2.21. The van der Waals surface area contributed by atoms with Crippen molar-refractivity contribution in [3.05, 3.63) is 85.1 Å². The van der Waals surface area contributed by atoms with Crippen LogP contribution in [0.4, 0.5) is 0 Å². The first-order chi connectivity index (χ1) is 27.0. The molecule has 0 rings (SSSR count). The van der Waals surface area contributed by atoms with Crippen molar-refractivity contribution in [3.8, 4) is 0 Å². The summed E-state index contributed by atoms with van der Waals surface area (Å²) in [6, 6.07) is 0. The van der Waals surface area contributed by atoms with Crippen molar-refractivity contribution in [1.29, 1.82) is 0 Å². The van der Waals surface area contributed by atoms with Gasteiger partial charge in [0.2, 0.25) is 0 Å². The van der Waals surface area contributed by atoms with Gasteiger partial charge in [0.15, 0.2) is 6.10 Å². The zero-order valence-corrected chi connectivity index (χ0v) is 36.7. The third kappa shape index (κ3) is 40.8. The maximum Gasteiger partial charge on any atom is 0.306 e. The van der Waals surface area contributed by atoms with Gasteiger partial charge in [-0.3, -0.25) is 14.2 Å². The van der Waals surface area contributed by atoms with E-state index in [1.54, 1.807) is 0 Å².